The van der Waals surface area contributed by atoms with Gasteiger partial charge < -0.3 is 19.5 Å². The van der Waals surface area contributed by atoms with Crippen molar-refractivity contribution in [3.05, 3.63) is 23.3 Å². The van der Waals surface area contributed by atoms with Crippen molar-refractivity contribution < 1.29 is 33.0 Å². The van der Waals surface area contributed by atoms with Gasteiger partial charge in [0.25, 0.3) is 0 Å². The van der Waals surface area contributed by atoms with Gasteiger partial charge in [-0.1, -0.05) is 0 Å². The lowest BCUT2D eigenvalue weighted by atomic mass is 10.0. The number of hydrogen-bond donors (Lipinski definition) is 2. The molecule has 1 aromatic carbocycles. The normalized spacial score (nSPS) is 18.7. The lowest BCUT2D eigenvalue weighted by Crippen LogP contribution is -2.38. The van der Waals surface area contributed by atoms with Crippen molar-refractivity contribution >= 4 is 29.7 Å². The highest BCUT2D eigenvalue weighted by atomic mass is 19.1. The van der Waals surface area contributed by atoms with Crippen molar-refractivity contribution in [1.82, 2.24) is 5.32 Å². The molecule has 0 bridgehead atoms. The average molecular weight is 395 g/mol. The molecule has 1 unspecified atom stereocenters. The van der Waals surface area contributed by atoms with Crippen LogP contribution in [0.4, 0.5) is 30.1 Å². The highest BCUT2D eigenvalue weighted by Crippen LogP contribution is 2.33. The SMILES string of the molecule is CC(C)(C)OC(=O)NCC1CN(c2cc(CF)c3c(c2)COC(=O)N3)C(=O)O1. The van der Waals surface area contributed by atoms with Crippen molar-refractivity contribution in [2.75, 3.05) is 23.3 Å². The molecule has 3 rings (SSSR count). The Hall–Kier alpha value is -3.04. The van der Waals surface area contributed by atoms with E-state index in [4.69, 9.17) is 14.2 Å². The van der Waals surface area contributed by atoms with Crippen LogP contribution in [-0.4, -0.2) is 43.1 Å². The van der Waals surface area contributed by atoms with Gasteiger partial charge in [0.15, 0.2) is 0 Å². The molecule has 2 aliphatic rings. The highest BCUT2D eigenvalue weighted by molar-refractivity contribution is 5.93. The van der Waals surface area contributed by atoms with Crippen LogP contribution in [0.5, 0.6) is 0 Å². The summed E-state index contributed by atoms with van der Waals surface area (Å²) in [6.07, 6.45) is -2.45. The topological polar surface area (TPSA) is 106 Å². The number of alkyl halides is 1. The summed E-state index contributed by atoms with van der Waals surface area (Å²) in [5.41, 5.74) is 0.959. The highest BCUT2D eigenvalue weighted by Gasteiger charge is 2.34. The second kappa shape index (κ2) is 7.53. The molecule has 0 aliphatic carbocycles. The zero-order valence-electron chi connectivity index (χ0n) is 15.8. The summed E-state index contributed by atoms with van der Waals surface area (Å²) in [6, 6.07) is 3.12. The number of nitrogens with zero attached hydrogens (tertiary/aromatic N) is 1. The van der Waals surface area contributed by atoms with Gasteiger partial charge in [-0.2, -0.15) is 0 Å². The van der Waals surface area contributed by atoms with E-state index in [2.05, 4.69) is 10.6 Å². The minimum absolute atomic E-state index is 0.0193. The first-order chi connectivity index (χ1) is 13.2. The number of rotatable bonds is 4. The Morgan fingerprint density at radius 1 is 1.39 bits per heavy atom. The van der Waals surface area contributed by atoms with Gasteiger partial charge in [0, 0.05) is 16.8 Å². The van der Waals surface area contributed by atoms with Crippen molar-refractivity contribution in [2.24, 2.45) is 0 Å². The molecule has 28 heavy (non-hydrogen) atoms. The van der Waals surface area contributed by atoms with Crippen molar-refractivity contribution in [2.45, 2.75) is 45.8 Å². The van der Waals surface area contributed by atoms with E-state index in [0.29, 0.717) is 16.9 Å². The van der Waals surface area contributed by atoms with Crippen molar-refractivity contribution in [1.29, 1.82) is 0 Å². The molecule has 0 radical (unpaired) electrons. The minimum Gasteiger partial charge on any atom is -0.444 e. The predicted octanol–water partition coefficient (Wildman–Crippen LogP) is 3.07. The molecular formula is C18H22FN3O6. The number of nitrogens with one attached hydrogen (secondary N) is 2. The Bertz CT molecular complexity index is 790. The molecular weight excluding hydrogens is 373 g/mol. The summed E-state index contributed by atoms with van der Waals surface area (Å²) >= 11 is 0. The first-order valence-electron chi connectivity index (χ1n) is 8.77. The number of cyclic esters (lactones) is 2. The van der Waals surface area contributed by atoms with Crippen LogP contribution in [0.3, 0.4) is 0 Å². The Balaban J connectivity index is 1.69. The van der Waals surface area contributed by atoms with Crippen LogP contribution < -0.4 is 15.5 Å². The van der Waals surface area contributed by atoms with E-state index in [1.165, 1.54) is 11.0 Å². The molecule has 1 fully saturated rings. The van der Waals surface area contributed by atoms with Gasteiger partial charge in [-0.25, -0.2) is 18.8 Å². The number of ether oxygens (including phenoxy) is 3. The van der Waals surface area contributed by atoms with E-state index in [9.17, 15) is 18.8 Å². The third-order valence-electron chi connectivity index (χ3n) is 4.07. The maximum Gasteiger partial charge on any atom is 0.414 e. The zero-order valence-corrected chi connectivity index (χ0v) is 15.8. The fourth-order valence-electron chi connectivity index (χ4n) is 2.92. The standard InChI is InChI=1S/C18H22FN3O6/c1-18(2,3)28-15(23)20-7-13-8-22(17(25)27-13)12-4-10(6-19)14-11(5-12)9-26-16(24)21-14/h4-5,13H,6-9H2,1-3H3,(H,20,23)(H,21,24). The van der Waals surface area contributed by atoms with E-state index >= 15 is 0 Å². The third kappa shape index (κ3) is 4.44. The molecule has 9 nitrogen and oxygen atoms in total. The lowest BCUT2D eigenvalue weighted by Gasteiger charge is -2.23. The quantitative estimate of drug-likeness (QED) is 0.759. The van der Waals surface area contributed by atoms with Crippen LogP contribution in [-0.2, 0) is 27.5 Å². The molecule has 1 saturated heterocycles. The van der Waals surface area contributed by atoms with Gasteiger partial charge in [-0.15, -0.1) is 0 Å². The maximum absolute atomic E-state index is 13.4. The summed E-state index contributed by atoms with van der Waals surface area (Å²) in [5, 5.41) is 5.03. The second-order valence-corrected chi connectivity index (χ2v) is 7.47. The third-order valence-corrected chi connectivity index (χ3v) is 4.07. The molecule has 0 saturated carbocycles. The van der Waals surface area contributed by atoms with E-state index in [0.717, 1.165) is 0 Å². The Kier molecular flexibility index (Phi) is 5.30. The zero-order chi connectivity index (χ0) is 20.5. The number of alkyl carbamates (subject to hydrolysis) is 1. The number of carbonyl (C=O) groups excluding carboxylic acids is 3. The van der Waals surface area contributed by atoms with Crippen LogP contribution in [0.1, 0.15) is 31.9 Å². The molecule has 1 aromatic rings. The summed E-state index contributed by atoms with van der Waals surface area (Å²) < 4.78 is 28.8. The molecule has 0 aromatic heterocycles. The molecule has 152 valence electrons. The largest absolute Gasteiger partial charge is 0.444 e. The van der Waals surface area contributed by atoms with E-state index in [1.54, 1.807) is 26.8 Å². The lowest BCUT2D eigenvalue weighted by molar-refractivity contribution is 0.0496. The number of amides is 3. The first-order valence-corrected chi connectivity index (χ1v) is 8.77. The van der Waals surface area contributed by atoms with E-state index in [-0.39, 0.29) is 25.3 Å². The van der Waals surface area contributed by atoms with Crippen LogP contribution in [0, 0.1) is 0 Å². The Morgan fingerprint density at radius 3 is 2.82 bits per heavy atom. The molecule has 2 aliphatic heterocycles. The van der Waals surface area contributed by atoms with Gasteiger partial charge in [-0.05, 0) is 32.9 Å². The molecule has 10 heteroatoms. The molecule has 1 atom stereocenters. The number of benzene rings is 1. The van der Waals surface area contributed by atoms with Crippen LogP contribution >= 0.6 is 0 Å². The number of anilines is 2. The first kappa shape index (κ1) is 19.7. The summed E-state index contributed by atoms with van der Waals surface area (Å²) in [4.78, 5) is 36.7. The van der Waals surface area contributed by atoms with Crippen molar-refractivity contribution in [3.8, 4) is 0 Å². The van der Waals surface area contributed by atoms with E-state index in [1.807, 2.05) is 0 Å². The van der Waals surface area contributed by atoms with Crippen molar-refractivity contribution in [3.63, 3.8) is 0 Å². The van der Waals surface area contributed by atoms with Gasteiger partial charge in [0.05, 0.1) is 18.8 Å². The minimum atomic E-state index is -0.816. The molecule has 2 heterocycles. The summed E-state index contributed by atoms with van der Waals surface area (Å²) in [5.74, 6) is 0. The number of hydrogen-bond acceptors (Lipinski definition) is 6. The smallest absolute Gasteiger partial charge is 0.414 e. The summed E-state index contributed by atoms with van der Waals surface area (Å²) in [6.45, 7) is 4.65. The van der Waals surface area contributed by atoms with Crippen LogP contribution in [0.15, 0.2) is 12.1 Å². The number of halogens is 1. The number of carbonyl (C=O) groups is 3. The predicted molar refractivity (Wildman–Crippen MR) is 96.9 cm³/mol. The Morgan fingerprint density at radius 2 is 2.14 bits per heavy atom. The molecule has 2 N–H and O–H groups in total. The van der Waals surface area contributed by atoms with Crippen LogP contribution in [0.2, 0.25) is 0 Å². The summed E-state index contributed by atoms with van der Waals surface area (Å²) in [7, 11) is 0. The fourth-order valence-corrected chi connectivity index (χ4v) is 2.92. The number of fused-ring (bicyclic) bond motifs is 1. The van der Waals surface area contributed by atoms with Gasteiger partial charge in [0.1, 0.15) is 25.0 Å². The fraction of sp³-hybridized carbons (Fsp3) is 0.500. The van der Waals surface area contributed by atoms with Gasteiger partial charge >= 0.3 is 18.3 Å². The second-order valence-electron chi connectivity index (χ2n) is 7.47. The van der Waals surface area contributed by atoms with Crippen LogP contribution in [0.25, 0.3) is 0 Å². The monoisotopic (exact) mass is 395 g/mol. The molecule has 3 amide bonds. The van der Waals surface area contributed by atoms with Gasteiger partial charge in [0.2, 0.25) is 0 Å². The molecule has 0 spiro atoms. The maximum atomic E-state index is 13.4. The average Bonchev–Trinajstić information content (AvgIpc) is 2.98. The van der Waals surface area contributed by atoms with E-state index < -0.39 is 36.7 Å². The van der Waals surface area contributed by atoms with Gasteiger partial charge in [-0.3, -0.25) is 10.2 Å². The Labute approximate surface area is 161 Å².